The summed E-state index contributed by atoms with van der Waals surface area (Å²) in [5.41, 5.74) is 7.62. The highest BCUT2D eigenvalue weighted by atomic mass is 32.2. The van der Waals surface area contributed by atoms with E-state index in [1.54, 1.807) is 12.1 Å². The van der Waals surface area contributed by atoms with E-state index < -0.39 is 0 Å². The maximum absolute atomic E-state index is 13.0. The average molecular weight is 316 g/mol. The Morgan fingerprint density at radius 2 is 2.00 bits per heavy atom. The molecule has 1 atom stereocenters. The predicted octanol–water partition coefficient (Wildman–Crippen LogP) is 3.55. The molecule has 0 saturated carbocycles. The molecule has 0 fully saturated rings. The zero-order valence-corrected chi connectivity index (χ0v) is 13.3. The molecular formula is C16H17FN4S. The molecule has 2 rings (SSSR count). The molecule has 0 radical (unpaired) electrons. The predicted molar refractivity (Wildman–Crippen MR) is 86.0 cm³/mol. The maximum Gasteiger partial charge on any atom is 0.190 e. The lowest BCUT2D eigenvalue weighted by Gasteiger charge is -2.11. The Kier molecular flexibility index (Phi) is 5.34. The topological polar surface area (TPSA) is 75.6 Å². The number of halogens is 1. The fourth-order valence-electron chi connectivity index (χ4n) is 1.86. The van der Waals surface area contributed by atoms with Crippen LogP contribution in [-0.2, 0) is 6.42 Å². The van der Waals surface area contributed by atoms with E-state index in [1.807, 2.05) is 0 Å². The van der Waals surface area contributed by atoms with Crippen LogP contribution in [-0.4, -0.2) is 15.2 Å². The number of aromatic nitrogens is 2. The molecular weight excluding hydrogens is 299 g/mol. The second-order valence-electron chi connectivity index (χ2n) is 4.96. The van der Waals surface area contributed by atoms with Crippen LogP contribution in [0.2, 0.25) is 0 Å². The van der Waals surface area contributed by atoms with Gasteiger partial charge in [0.15, 0.2) is 5.16 Å². The Labute approximate surface area is 133 Å². The zero-order chi connectivity index (χ0) is 16.1. The van der Waals surface area contributed by atoms with E-state index in [4.69, 9.17) is 5.73 Å². The molecule has 1 unspecified atom stereocenters. The first kappa shape index (κ1) is 16.2. The maximum atomic E-state index is 13.0. The summed E-state index contributed by atoms with van der Waals surface area (Å²) in [6.07, 6.45) is 1.41. The van der Waals surface area contributed by atoms with Crippen molar-refractivity contribution in [2.75, 3.05) is 5.73 Å². The van der Waals surface area contributed by atoms with Crippen molar-refractivity contribution in [1.29, 1.82) is 5.26 Å². The van der Waals surface area contributed by atoms with Gasteiger partial charge in [0.1, 0.15) is 23.3 Å². The standard InChI is InChI=1S/C16H17FN4S/c1-3-10(2)22-16-20-14(13(9-18)15(19)21-16)8-11-4-6-12(17)7-5-11/h4-7,10H,3,8H2,1-2H3,(H2,19,20,21). The molecule has 22 heavy (non-hydrogen) atoms. The molecule has 1 aromatic heterocycles. The Morgan fingerprint density at radius 3 is 2.59 bits per heavy atom. The van der Waals surface area contributed by atoms with Crippen molar-refractivity contribution in [3.63, 3.8) is 0 Å². The van der Waals surface area contributed by atoms with Crippen molar-refractivity contribution in [3.8, 4) is 6.07 Å². The molecule has 2 N–H and O–H groups in total. The van der Waals surface area contributed by atoms with Crippen molar-refractivity contribution in [2.24, 2.45) is 0 Å². The number of nitrogens with zero attached hydrogens (tertiary/aromatic N) is 3. The Bertz CT molecular complexity index is 695. The number of rotatable bonds is 5. The Morgan fingerprint density at radius 1 is 1.32 bits per heavy atom. The van der Waals surface area contributed by atoms with Crippen LogP contribution in [0.5, 0.6) is 0 Å². The van der Waals surface area contributed by atoms with Crippen LogP contribution in [0, 0.1) is 17.1 Å². The van der Waals surface area contributed by atoms with Crippen molar-refractivity contribution in [1.82, 2.24) is 9.97 Å². The molecule has 1 aromatic carbocycles. The van der Waals surface area contributed by atoms with Crippen LogP contribution in [0.1, 0.15) is 37.1 Å². The number of nitrogen functional groups attached to an aromatic ring is 1. The summed E-state index contributed by atoms with van der Waals surface area (Å²) in [5, 5.41) is 10.2. The molecule has 0 aliphatic carbocycles. The van der Waals surface area contributed by atoms with Crippen LogP contribution in [0.3, 0.4) is 0 Å². The van der Waals surface area contributed by atoms with Gasteiger partial charge in [-0.25, -0.2) is 14.4 Å². The van der Waals surface area contributed by atoms with Crippen molar-refractivity contribution in [2.45, 2.75) is 37.1 Å². The molecule has 0 spiro atoms. The third kappa shape index (κ3) is 3.95. The van der Waals surface area contributed by atoms with Gasteiger partial charge in [0.25, 0.3) is 0 Å². The van der Waals surface area contributed by atoms with Gasteiger partial charge < -0.3 is 5.73 Å². The Hall–Kier alpha value is -2.13. The molecule has 0 bridgehead atoms. The highest BCUT2D eigenvalue weighted by Crippen LogP contribution is 2.25. The second-order valence-corrected chi connectivity index (χ2v) is 6.37. The van der Waals surface area contributed by atoms with Crippen molar-refractivity contribution in [3.05, 3.63) is 46.9 Å². The van der Waals surface area contributed by atoms with Crippen LogP contribution >= 0.6 is 11.8 Å². The average Bonchev–Trinajstić information content (AvgIpc) is 2.49. The second kappa shape index (κ2) is 7.23. The highest BCUT2D eigenvalue weighted by Gasteiger charge is 2.14. The monoisotopic (exact) mass is 316 g/mol. The molecule has 0 amide bonds. The molecule has 0 aliphatic heterocycles. The number of thioether (sulfide) groups is 1. The normalized spacial score (nSPS) is 11.9. The van der Waals surface area contributed by atoms with Gasteiger partial charge in [-0.1, -0.05) is 37.7 Å². The van der Waals surface area contributed by atoms with Gasteiger partial charge in [0.05, 0.1) is 5.69 Å². The van der Waals surface area contributed by atoms with E-state index >= 15 is 0 Å². The van der Waals surface area contributed by atoms with Crippen LogP contribution in [0.4, 0.5) is 10.2 Å². The lowest BCUT2D eigenvalue weighted by Crippen LogP contribution is -2.07. The number of hydrogen-bond donors (Lipinski definition) is 1. The first-order valence-corrected chi connectivity index (χ1v) is 7.89. The molecule has 0 saturated heterocycles. The summed E-state index contributed by atoms with van der Waals surface area (Å²) in [7, 11) is 0. The van der Waals surface area contributed by atoms with E-state index in [2.05, 4.69) is 29.9 Å². The third-order valence-corrected chi connectivity index (χ3v) is 4.40. The smallest absolute Gasteiger partial charge is 0.190 e. The molecule has 6 heteroatoms. The summed E-state index contributed by atoms with van der Waals surface area (Å²) < 4.78 is 13.0. The fraction of sp³-hybridized carbons (Fsp3) is 0.312. The Balaban J connectivity index is 2.35. The quantitative estimate of drug-likeness (QED) is 0.674. The zero-order valence-electron chi connectivity index (χ0n) is 12.5. The van der Waals surface area contributed by atoms with Gasteiger partial charge in [-0.3, -0.25) is 0 Å². The number of anilines is 1. The molecule has 2 aromatic rings. The number of benzene rings is 1. The fourth-order valence-corrected chi connectivity index (χ4v) is 2.70. The van der Waals surface area contributed by atoms with Gasteiger partial charge in [-0.05, 0) is 24.1 Å². The minimum absolute atomic E-state index is 0.195. The van der Waals surface area contributed by atoms with Crippen LogP contribution in [0.15, 0.2) is 29.4 Å². The van der Waals surface area contributed by atoms with Gasteiger partial charge in [-0.2, -0.15) is 5.26 Å². The van der Waals surface area contributed by atoms with E-state index in [0.29, 0.717) is 22.5 Å². The van der Waals surface area contributed by atoms with Crippen molar-refractivity contribution >= 4 is 17.6 Å². The summed E-state index contributed by atoms with van der Waals surface area (Å²) in [5.74, 6) is -0.0973. The van der Waals surface area contributed by atoms with E-state index in [-0.39, 0.29) is 17.2 Å². The molecule has 0 aliphatic rings. The van der Waals surface area contributed by atoms with Crippen LogP contribution < -0.4 is 5.73 Å². The molecule has 1 heterocycles. The van der Waals surface area contributed by atoms with Gasteiger partial charge >= 0.3 is 0 Å². The minimum atomic E-state index is -0.292. The van der Waals surface area contributed by atoms with Crippen molar-refractivity contribution < 1.29 is 4.39 Å². The lowest BCUT2D eigenvalue weighted by molar-refractivity contribution is 0.627. The summed E-state index contributed by atoms with van der Waals surface area (Å²) in [6, 6.07) is 8.19. The molecule has 4 nitrogen and oxygen atoms in total. The van der Waals surface area contributed by atoms with Crippen LogP contribution in [0.25, 0.3) is 0 Å². The number of nitrogens with two attached hydrogens (primary N) is 1. The summed E-state index contributed by atoms with van der Waals surface area (Å²) in [4.78, 5) is 8.66. The van der Waals surface area contributed by atoms with Gasteiger partial charge in [0.2, 0.25) is 0 Å². The van der Waals surface area contributed by atoms with Gasteiger partial charge in [0, 0.05) is 11.7 Å². The van der Waals surface area contributed by atoms with E-state index in [0.717, 1.165) is 12.0 Å². The summed E-state index contributed by atoms with van der Waals surface area (Å²) >= 11 is 1.53. The molecule has 114 valence electrons. The number of hydrogen-bond acceptors (Lipinski definition) is 5. The van der Waals surface area contributed by atoms with E-state index in [9.17, 15) is 9.65 Å². The third-order valence-electron chi connectivity index (χ3n) is 3.27. The lowest BCUT2D eigenvalue weighted by atomic mass is 10.1. The summed E-state index contributed by atoms with van der Waals surface area (Å²) in [6.45, 7) is 4.17. The largest absolute Gasteiger partial charge is 0.382 e. The SMILES string of the molecule is CCC(C)Sc1nc(N)c(C#N)c(Cc2ccc(F)cc2)n1. The van der Waals surface area contributed by atoms with E-state index in [1.165, 1.54) is 23.9 Å². The number of nitriles is 1. The minimum Gasteiger partial charge on any atom is -0.382 e. The first-order valence-electron chi connectivity index (χ1n) is 7.01. The first-order chi connectivity index (χ1) is 10.5. The highest BCUT2D eigenvalue weighted by molar-refractivity contribution is 7.99. The van der Waals surface area contributed by atoms with Gasteiger partial charge in [-0.15, -0.1) is 0 Å².